The van der Waals surface area contributed by atoms with Crippen molar-refractivity contribution < 1.29 is 19.5 Å². The highest BCUT2D eigenvalue weighted by Gasteiger charge is 2.27. The Balaban J connectivity index is 1.27. The number of methoxy groups -OCH3 is 1. The van der Waals surface area contributed by atoms with E-state index < -0.39 is 0 Å². The van der Waals surface area contributed by atoms with Crippen molar-refractivity contribution in [3.8, 4) is 17.2 Å². The van der Waals surface area contributed by atoms with Gasteiger partial charge in [0, 0.05) is 38.9 Å². The Labute approximate surface area is 189 Å². The molecule has 2 aromatic heterocycles. The molecule has 0 bridgehead atoms. The van der Waals surface area contributed by atoms with Gasteiger partial charge in [0.15, 0.2) is 5.75 Å². The molecule has 1 saturated heterocycles. The zero-order valence-electron chi connectivity index (χ0n) is 18.3. The molecule has 1 aliphatic heterocycles. The number of nitrogens with one attached hydrogen (secondary N) is 1. The van der Waals surface area contributed by atoms with Gasteiger partial charge < -0.3 is 19.8 Å². The van der Waals surface area contributed by atoms with Crippen LogP contribution in [-0.4, -0.2) is 74.8 Å². The fraction of sp³-hybridized carbons (Fsp3) is 0.364. The summed E-state index contributed by atoms with van der Waals surface area (Å²) in [5.41, 5.74) is 1.45. The predicted molar refractivity (Wildman–Crippen MR) is 122 cm³/mol. The number of fused-ring (bicyclic) bond motifs is 2. The van der Waals surface area contributed by atoms with Gasteiger partial charge in [-0.1, -0.05) is 17.3 Å². The summed E-state index contributed by atoms with van der Waals surface area (Å²) in [6.07, 6.45) is 3.44. The van der Waals surface area contributed by atoms with Gasteiger partial charge in [-0.05, 0) is 23.5 Å². The molecule has 1 fully saturated rings. The van der Waals surface area contributed by atoms with E-state index in [0.29, 0.717) is 16.5 Å². The average Bonchev–Trinajstić information content (AvgIpc) is 3.19. The molecule has 0 atom stereocenters. The molecule has 0 amide bonds. The molecule has 0 spiro atoms. The number of anilines is 1. The summed E-state index contributed by atoms with van der Waals surface area (Å²) in [6.45, 7) is 4.97. The molecule has 11 nitrogen and oxygen atoms in total. The molecule has 0 radical (unpaired) electrons. The van der Waals surface area contributed by atoms with E-state index in [-0.39, 0.29) is 28.0 Å². The number of aromatic amines is 1. The minimum Gasteiger partial charge on any atom is -0.503 e. The van der Waals surface area contributed by atoms with E-state index in [4.69, 9.17) is 4.74 Å². The number of ether oxygens (including phenoxy) is 1. The first-order valence-corrected chi connectivity index (χ1v) is 10.9. The SMILES string of the molecule is COc1ccccc1N1CCN(CCCn2[nH][n+](=O)c3c(O)c4ncncc4c(O)c32)CC1. The van der Waals surface area contributed by atoms with E-state index in [9.17, 15) is 15.1 Å². The van der Waals surface area contributed by atoms with Crippen molar-refractivity contribution in [1.29, 1.82) is 0 Å². The van der Waals surface area contributed by atoms with Crippen molar-refractivity contribution in [2.45, 2.75) is 13.0 Å². The maximum atomic E-state index is 12.4. The van der Waals surface area contributed by atoms with E-state index in [1.165, 1.54) is 12.5 Å². The number of aryl methyl sites for hydroxylation is 1. The number of para-hydroxylation sites is 2. The summed E-state index contributed by atoms with van der Waals surface area (Å²) in [6, 6.07) is 8.05. The summed E-state index contributed by atoms with van der Waals surface area (Å²) in [5.74, 6) is 0.472. The number of rotatable bonds is 6. The van der Waals surface area contributed by atoms with Crippen LogP contribution in [0, 0.1) is 4.91 Å². The monoisotopic (exact) mass is 452 g/mol. The maximum Gasteiger partial charge on any atom is 0.296 e. The second-order valence-electron chi connectivity index (χ2n) is 8.08. The molecule has 4 aromatic rings. The number of hydrogen-bond acceptors (Lipinski definition) is 8. The third-order valence-electron chi connectivity index (χ3n) is 6.20. The number of piperazine rings is 1. The lowest BCUT2D eigenvalue weighted by molar-refractivity contribution is -0.541. The quantitative estimate of drug-likeness (QED) is 0.297. The van der Waals surface area contributed by atoms with Crippen molar-refractivity contribution in [1.82, 2.24) is 24.8 Å². The summed E-state index contributed by atoms with van der Waals surface area (Å²) >= 11 is 0. The maximum absolute atomic E-state index is 12.4. The molecule has 3 heterocycles. The van der Waals surface area contributed by atoms with Crippen molar-refractivity contribution >= 4 is 27.6 Å². The zero-order valence-corrected chi connectivity index (χ0v) is 18.3. The highest BCUT2D eigenvalue weighted by molar-refractivity contribution is 6.04. The molecule has 11 heteroatoms. The molecule has 0 unspecified atom stereocenters. The van der Waals surface area contributed by atoms with Gasteiger partial charge >= 0.3 is 0 Å². The van der Waals surface area contributed by atoms with Crippen LogP contribution in [-0.2, 0) is 6.54 Å². The van der Waals surface area contributed by atoms with Gasteiger partial charge in [0.2, 0.25) is 11.3 Å². The minimum atomic E-state index is -0.280. The molecule has 3 N–H and O–H groups in total. The van der Waals surface area contributed by atoms with Crippen molar-refractivity contribution in [3.63, 3.8) is 0 Å². The lowest BCUT2D eigenvalue weighted by Gasteiger charge is -2.36. The Kier molecular flexibility index (Phi) is 5.47. The van der Waals surface area contributed by atoms with Crippen molar-refractivity contribution in [2.24, 2.45) is 0 Å². The van der Waals surface area contributed by atoms with E-state index in [1.54, 1.807) is 11.8 Å². The van der Waals surface area contributed by atoms with Crippen molar-refractivity contribution in [3.05, 3.63) is 41.7 Å². The van der Waals surface area contributed by atoms with Crippen LogP contribution in [0.4, 0.5) is 5.69 Å². The van der Waals surface area contributed by atoms with Crippen LogP contribution in [0.5, 0.6) is 17.2 Å². The lowest BCUT2D eigenvalue weighted by atomic mass is 10.1. The Hall–Kier alpha value is -3.86. The molecule has 0 saturated carbocycles. The number of benzene rings is 2. The number of aromatic hydroxyl groups is 2. The Morgan fingerprint density at radius 3 is 2.70 bits per heavy atom. The van der Waals surface area contributed by atoms with Gasteiger partial charge in [0.25, 0.3) is 5.52 Å². The fourth-order valence-electron chi connectivity index (χ4n) is 4.53. The number of aromatic nitrogens is 5. The number of phenols is 2. The van der Waals surface area contributed by atoms with Gasteiger partial charge in [0.05, 0.1) is 22.7 Å². The van der Waals surface area contributed by atoms with Crippen LogP contribution in [0.2, 0.25) is 0 Å². The highest BCUT2D eigenvalue weighted by atomic mass is 16.5. The predicted octanol–water partition coefficient (Wildman–Crippen LogP) is 1.46. The van der Waals surface area contributed by atoms with Crippen molar-refractivity contribution in [2.75, 3.05) is 44.7 Å². The summed E-state index contributed by atoms with van der Waals surface area (Å²) in [5, 5.41) is 24.2. The Morgan fingerprint density at radius 1 is 1.12 bits per heavy atom. The van der Waals surface area contributed by atoms with E-state index in [2.05, 4.69) is 31.0 Å². The minimum absolute atomic E-state index is 0.0378. The second kappa shape index (κ2) is 8.58. The smallest absolute Gasteiger partial charge is 0.296 e. The van der Waals surface area contributed by atoms with E-state index in [1.807, 2.05) is 18.2 Å². The first kappa shape index (κ1) is 21.0. The van der Waals surface area contributed by atoms with Crippen LogP contribution >= 0.6 is 0 Å². The number of H-pyrrole nitrogens is 1. The summed E-state index contributed by atoms with van der Waals surface area (Å²) in [7, 11) is 1.69. The van der Waals surface area contributed by atoms with Gasteiger partial charge in [-0.15, -0.1) is 0 Å². The molecule has 33 heavy (non-hydrogen) atoms. The van der Waals surface area contributed by atoms with Gasteiger partial charge in [0.1, 0.15) is 24.1 Å². The van der Waals surface area contributed by atoms with Gasteiger partial charge in [-0.3, -0.25) is 4.90 Å². The normalized spacial score (nSPS) is 14.9. The van der Waals surface area contributed by atoms with Gasteiger partial charge in [-0.2, -0.15) is 4.68 Å². The van der Waals surface area contributed by atoms with Crippen LogP contribution in [0.1, 0.15) is 6.42 Å². The third-order valence-corrected chi connectivity index (χ3v) is 6.20. The topological polar surface area (TPSA) is 126 Å². The number of hydrogen-bond donors (Lipinski definition) is 3. The molecular weight excluding hydrogens is 426 g/mol. The number of nitrogens with zero attached hydrogens (tertiary/aromatic N) is 6. The zero-order chi connectivity index (χ0) is 22.9. The standard InChI is InChI=1S/C22H25N7O4/c1-33-17-6-3-2-5-16(17)27-11-9-26(10-12-27)7-4-8-28-19-20(29(32)25-28)22(31)18-15(21(19)30)13-23-14-24-18/h2-3,5-6,13-14H,4,7-12H2,1H3,(H2-,23,24,25,30,31,32)/p+1. The first-order chi connectivity index (χ1) is 16.1. The summed E-state index contributed by atoms with van der Waals surface area (Å²) in [4.78, 5) is 25.0. The molecule has 2 aromatic carbocycles. The largest absolute Gasteiger partial charge is 0.503 e. The highest BCUT2D eigenvalue weighted by Crippen LogP contribution is 2.37. The lowest BCUT2D eigenvalue weighted by Crippen LogP contribution is -2.46. The molecule has 5 rings (SSSR count). The second-order valence-corrected chi connectivity index (χ2v) is 8.08. The van der Waals surface area contributed by atoms with E-state index in [0.717, 1.165) is 50.6 Å². The van der Waals surface area contributed by atoms with E-state index >= 15 is 0 Å². The molecule has 172 valence electrons. The van der Waals surface area contributed by atoms with Crippen LogP contribution in [0.15, 0.2) is 36.8 Å². The van der Waals surface area contributed by atoms with Crippen LogP contribution in [0.25, 0.3) is 21.9 Å². The molecule has 1 aliphatic rings. The number of phenolic OH excluding ortho intramolecular Hbond substituents is 2. The summed E-state index contributed by atoms with van der Waals surface area (Å²) < 4.78 is 7.51. The first-order valence-electron chi connectivity index (χ1n) is 10.9. The Morgan fingerprint density at radius 2 is 1.91 bits per heavy atom. The Bertz CT molecular complexity index is 1360. The molecule has 0 aliphatic carbocycles. The third kappa shape index (κ3) is 3.69. The fourth-order valence-corrected chi connectivity index (χ4v) is 4.53. The van der Waals surface area contributed by atoms with Crippen LogP contribution in [0.3, 0.4) is 0 Å². The van der Waals surface area contributed by atoms with Gasteiger partial charge in [-0.25, -0.2) is 9.97 Å². The average molecular weight is 452 g/mol. The molecular formula is C22H26N7O4+. The van der Waals surface area contributed by atoms with Crippen LogP contribution < -0.4 is 14.2 Å².